The first kappa shape index (κ1) is 22.7. The second-order valence-corrected chi connectivity index (χ2v) is 7.21. The van der Waals surface area contributed by atoms with Gasteiger partial charge in [-0.1, -0.05) is 6.07 Å². The van der Waals surface area contributed by atoms with Crippen molar-refractivity contribution in [2.75, 3.05) is 11.9 Å². The van der Waals surface area contributed by atoms with Crippen LogP contribution in [0.3, 0.4) is 0 Å². The van der Waals surface area contributed by atoms with Gasteiger partial charge >= 0.3 is 6.09 Å². The number of nitrogens with zero attached hydrogens (tertiary/aromatic N) is 4. The van der Waals surface area contributed by atoms with Crippen molar-refractivity contribution in [3.63, 3.8) is 0 Å². The zero-order valence-electron chi connectivity index (χ0n) is 18.0. The number of amides is 2. The number of pyridine rings is 1. The summed E-state index contributed by atoms with van der Waals surface area (Å²) < 4.78 is 41.2. The van der Waals surface area contributed by atoms with Crippen LogP contribution in [0, 0.1) is 18.6 Å². The standard InChI is InChI=1S/C22H20F2N6O4/c1-13-19(21(31)28-14-10-26-29(11-14)8-9-33-22(25)32)30-7-3-6-18(20(30)27-13)34-12-15-16(23)4-2-5-17(15)24/h2-7,10-11H,8-9,12H2,1H3,(H2,25,32)(H,28,31). The highest BCUT2D eigenvalue weighted by Crippen LogP contribution is 2.24. The number of hydrogen-bond donors (Lipinski definition) is 2. The largest absolute Gasteiger partial charge is 0.485 e. The fourth-order valence-electron chi connectivity index (χ4n) is 3.34. The summed E-state index contributed by atoms with van der Waals surface area (Å²) >= 11 is 0. The van der Waals surface area contributed by atoms with Crippen LogP contribution in [0.15, 0.2) is 48.9 Å². The highest BCUT2D eigenvalue weighted by atomic mass is 19.1. The third kappa shape index (κ3) is 4.80. The summed E-state index contributed by atoms with van der Waals surface area (Å²) in [7, 11) is 0. The molecule has 34 heavy (non-hydrogen) atoms. The number of benzene rings is 1. The molecule has 0 bridgehead atoms. The van der Waals surface area contributed by atoms with Gasteiger partial charge in [-0.25, -0.2) is 18.6 Å². The van der Waals surface area contributed by atoms with Crippen molar-refractivity contribution in [3.05, 3.63) is 77.5 Å². The zero-order valence-corrected chi connectivity index (χ0v) is 18.0. The van der Waals surface area contributed by atoms with Crippen LogP contribution in [0.4, 0.5) is 19.3 Å². The van der Waals surface area contributed by atoms with Gasteiger partial charge in [0.25, 0.3) is 5.91 Å². The van der Waals surface area contributed by atoms with E-state index in [2.05, 4.69) is 20.1 Å². The van der Waals surface area contributed by atoms with Gasteiger partial charge in [-0.2, -0.15) is 5.10 Å². The van der Waals surface area contributed by atoms with E-state index in [0.29, 0.717) is 17.0 Å². The summed E-state index contributed by atoms with van der Waals surface area (Å²) in [6.45, 7) is 1.62. The minimum Gasteiger partial charge on any atom is -0.485 e. The second-order valence-electron chi connectivity index (χ2n) is 7.21. The number of imidazole rings is 1. The molecule has 0 saturated heterocycles. The first-order valence-corrected chi connectivity index (χ1v) is 10.1. The molecule has 0 unspecified atom stereocenters. The van der Waals surface area contributed by atoms with Crippen LogP contribution in [-0.4, -0.2) is 37.8 Å². The number of anilines is 1. The number of fused-ring (bicyclic) bond motifs is 1. The molecule has 176 valence electrons. The van der Waals surface area contributed by atoms with Gasteiger partial charge in [-0.3, -0.25) is 13.9 Å². The Bertz CT molecular complexity index is 1350. The molecule has 0 aliphatic carbocycles. The van der Waals surface area contributed by atoms with Crippen LogP contribution in [0.2, 0.25) is 0 Å². The highest BCUT2D eigenvalue weighted by molar-refractivity contribution is 6.04. The molecular weight excluding hydrogens is 450 g/mol. The molecule has 3 heterocycles. The van der Waals surface area contributed by atoms with Gasteiger partial charge < -0.3 is 20.5 Å². The summed E-state index contributed by atoms with van der Waals surface area (Å²) in [6, 6.07) is 6.81. The summed E-state index contributed by atoms with van der Waals surface area (Å²) in [5.41, 5.74) is 6.12. The smallest absolute Gasteiger partial charge is 0.404 e. The Hall–Kier alpha value is -4.48. The van der Waals surface area contributed by atoms with E-state index in [9.17, 15) is 18.4 Å². The average Bonchev–Trinajstić information content (AvgIpc) is 3.36. The minimum atomic E-state index is -0.883. The van der Waals surface area contributed by atoms with Gasteiger partial charge in [0, 0.05) is 12.4 Å². The molecule has 0 atom stereocenters. The van der Waals surface area contributed by atoms with Crippen LogP contribution in [0.1, 0.15) is 21.7 Å². The number of ether oxygens (including phenoxy) is 2. The van der Waals surface area contributed by atoms with Crippen molar-refractivity contribution in [3.8, 4) is 5.75 Å². The van der Waals surface area contributed by atoms with Crippen LogP contribution in [0.25, 0.3) is 5.65 Å². The summed E-state index contributed by atoms with van der Waals surface area (Å²) in [4.78, 5) is 28.0. The van der Waals surface area contributed by atoms with E-state index in [4.69, 9.17) is 10.5 Å². The topological polar surface area (TPSA) is 126 Å². The van der Waals surface area contributed by atoms with Gasteiger partial charge in [0.2, 0.25) is 0 Å². The molecule has 0 radical (unpaired) electrons. The van der Waals surface area contributed by atoms with Crippen molar-refractivity contribution in [1.82, 2.24) is 19.2 Å². The van der Waals surface area contributed by atoms with Gasteiger partial charge in [-0.15, -0.1) is 0 Å². The molecule has 12 heteroatoms. The van der Waals surface area contributed by atoms with Crippen molar-refractivity contribution in [2.24, 2.45) is 5.73 Å². The van der Waals surface area contributed by atoms with E-state index in [0.717, 1.165) is 12.1 Å². The van der Waals surface area contributed by atoms with E-state index >= 15 is 0 Å². The Labute approximate surface area is 191 Å². The number of primary amides is 1. The molecule has 0 saturated carbocycles. The predicted octanol–water partition coefficient (Wildman–Crippen LogP) is 3.04. The molecule has 2 amide bonds. The Balaban J connectivity index is 1.51. The number of aromatic nitrogens is 4. The lowest BCUT2D eigenvalue weighted by Crippen LogP contribution is -2.17. The van der Waals surface area contributed by atoms with E-state index < -0.39 is 23.6 Å². The molecule has 1 aromatic carbocycles. The molecule has 0 aliphatic heterocycles. The van der Waals surface area contributed by atoms with Gasteiger partial charge in [0.1, 0.15) is 30.5 Å². The quantitative estimate of drug-likeness (QED) is 0.408. The Morgan fingerprint density at radius 2 is 1.94 bits per heavy atom. The third-order valence-electron chi connectivity index (χ3n) is 4.89. The van der Waals surface area contributed by atoms with Crippen LogP contribution >= 0.6 is 0 Å². The third-order valence-corrected chi connectivity index (χ3v) is 4.89. The van der Waals surface area contributed by atoms with Gasteiger partial charge in [0.15, 0.2) is 11.4 Å². The van der Waals surface area contributed by atoms with Crippen molar-refractivity contribution in [2.45, 2.75) is 20.1 Å². The van der Waals surface area contributed by atoms with E-state index in [-0.39, 0.29) is 36.8 Å². The van der Waals surface area contributed by atoms with Crippen LogP contribution in [0.5, 0.6) is 5.75 Å². The lowest BCUT2D eigenvalue weighted by atomic mass is 10.2. The molecule has 10 nitrogen and oxygen atoms in total. The normalized spacial score (nSPS) is 10.9. The van der Waals surface area contributed by atoms with Crippen LogP contribution in [-0.2, 0) is 17.9 Å². The number of halogens is 2. The maximum atomic E-state index is 13.9. The molecule has 0 aliphatic rings. The molecule has 4 aromatic rings. The van der Waals surface area contributed by atoms with Crippen molar-refractivity contribution >= 4 is 23.3 Å². The maximum absolute atomic E-state index is 13.9. The van der Waals surface area contributed by atoms with E-state index in [1.807, 2.05) is 0 Å². The minimum absolute atomic E-state index is 0.0380. The maximum Gasteiger partial charge on any atom is 0.404 e. The number of aryl methyl sites for hydroxylation is 1. The molecule has 0 spiro atoms. The molecule has 3 N–H and O–H groups in total. The van der Waals surface area contributed by atoms with Crippen molar-refractivity contribution in [1.29, 1.82) is 0 Å². The number of hydrogen-bond acceptors (Lipinski definition) is 6. The first-order valence-electron chi connectivity index (χ1n) is 10.1. The van der Waals surface area contributed by atoms with Gasteiger partial charge in [0.05, 0.1) is 29.7 Å². The monoisotopic (exact) mass is 470 g/mol. The number of carbonyl (C=O) groups is 2. The summed E-state index contributed by atoms with van der Waals surface area (Å²) in [5, 5.41) is 6.81. The molecular formula is C22H20F2N6O4. The number of rotatable bonds is 8. The summed E-state index contributed by atoms with van der Waals surface area (Å²) in [6.07, 6.45) is 3.76. The lowest BCUT2D eigenvalue weighted by molar-refractivity contribution is 0.102. The Morgan fingerprint density at radius 1 is 1.18 bits per heavy atom. The summed E-state index contributed by atoms with van der Waals surface area (Å²) in [5.74, 6) is -1.62. The second kappa shape index (κ2) is 9.57. The lowest BCUT2D eigenvalue weighted by Gasteiger charge is -2.09. The van der Waals surface area contributed by atoms with E-state index in [1.165, 1.54) is 21.3 Å². The molecule has 0 fully saturated rings. The van der Waals surface area contributed by atoms with Gasteiger partial charge in [-0.05, 0) is 31.2 Å². The fourth-order valence-corrected chi connectivity index (χ4v) is 3.34. The first-order chi connectivity index (χ1) is 16.3. The molecule has 3 aromatic heterocycles. The average molecular weight is 470 g/mol. The fraction of sp³-hybridized carbons (Fsp3) is 0.182. The predicted molar refractivity (Wildman–Crippen MR) is 116 cm³/mol. The van der Waals surface area contributed by atoms with Crippen LogP contribution < -0.4 is 15.8 Å². The van der Waals surface area contributed by atoms with E-state index in [1.54, 1.807) is 31.5 Å². The van der Waals surface area contributed by atoms with Crippen molar-refractivity contribution < 1.29 is 27.8 Å². The molecule has 4 rings (SSSR count). The SMILES string of the molecule is Cc1nc2c(OCc3c(F)cccc3F)cccn2c1C(=O)Nc1cnn(CCOC(N)=O)c1. The number of nitrogens with two attached hydrogens (primary N) is 1. The zero-order chi connectivity index (χ0) is 24.2. The highest BCUT2D eigenvalue weighted by Gasteiger charge is 2.20. The number of carbonyl (C=O) groups excluding carboxylic acids is 2. The Kier molecular flexibility index (Phi) is 6.39. The Morgan fingerprint density at radius 3 is 2.68 bits per heavy atom. The number of nitrogens with one attached hydrogen (secondary N) is 1.